The van der Waals surface area contributed by atoms with E-state index in [9.17, 15) is 4.79 Å². The monoisotopic (exact) mass is 332 g/mol. The molecular weight excluding hydrogens is 300 g/mol. The summed E-state index contributed by atoms with van der Waals surface area (Å²) >= 11 is 0. The van der Waals surface area contributed by atoms with Crippen LogP contribution in [0.2, 0.25) is 0 Å². The SMILES string of the molecule is C\C=C(N)/C(=C\C=C(/C)CC)C1=CCN(C(=O)OC(C)(C)C)CC1. The van der Waals surface area contributed by atoms with Crippen molar-refractivity contribution in [1.29, 1.82) is 0 Å². The van der Waals surface area contributed by atoms with Gasteiger partial charge in [0, 0.05) is 24.4 Å². The van der Waals surface area contributed by atoms with E-state index in [-0.39, 0.29) is 6.09 Å². The van der Waals surface area contributed by atoms with Crippen LogP contribution >= 0.6 is 0 Å². The van der Waals surface area contributed by atoms with Gasteiger partial charge in [-0.2, -0.15) is 0 Å². The van der Waals surface area contributed by atoms with Gasteiger partial charge in [-0.25, -0.2) is 4.79 Å². The molecule has 0 bridgehead atoms. The van der Waals surface area contributed by atoms with Gasteiger partial charge in [0.2, 0.25) is 0 Å². The first-order valence-electron chi connectivity index (χ1n) is 8.64. The molecule has 1 rings (SSSR count). The summed E-state index contributed by atoms with van der Waals surface area (Å²) in [5.41, 5.74) is 10.0. The maximum atomic E-state index is 12.1. The lowest BCUT2D eigenvalue weighted by Gasteiger charge is -2.30. The van der Waals surface area contributed by atoms with Crippen LogP contribution in [0, 0.1) is 0 Å². The third kappa shape index (κ3) is 6.26. The molecule has 0 spiro atoms. The van der Waals surface area contributed by atoms with Gasteiger partial charge in [-0.05, 0) is 53.0 Å². The Bertz CT molecular complexity index is 575. The number of carbonyl (C=O) groups is 1. The molecule has 0 aliphatic carbocycles. The van der Waals surface area contributed by atoms with Gasteiger partial charge in [-0.3, -0.25) is 0 Å². The lowest BCUT2D eigenvalue weighted by molar-refractivity contribution is 0.0266. The zero-order valence-corrected chi connectivity index (χ0v) is 16.0. The van der Waals surface area contributed by atoms with Crippen molar-refractivity contribution in [3.05, 3.63) is 46.7 Å². The highest BCUT2D eigenvalue weighted by atomic mass is 16.6. The molecule has 1 heterocycles. The van der Waals surface area contributed by atoms with Crippen molar-refractivity contribution in [3.63, 3.8) is 0 Å². The zero-order chi connectivity index (χ0) is 18.3. The molecule has 24 heavy (non-hydrogen) atoms. The lowest BCUT2D eigenvalue weighted by atomic mass is 9.96. The first kappa shape index (κ1) is 20.1. The van der Waals surface area contributed by atoms with Crippen molar-refractivity contribution in [3.8, 4) is 0 Å². The second-order valence-electron chi connectivity index (χ2n) is 7.10. The molecule has 0 atom stereocenters. The van der Waals surface area contributed by atoms with Crippen molar-refractivity contribution in [2.75, 3.05) is 13.1 Å². The Morgan fingerprint density at radius 3 is 2.50 bits per heavy atom. The smallest absolute Gasteiger partial charge is 0.410 e. The Hall–Kier alpha value is -1.97. The number of ether oxygens (including phenoxy) is 1. The first-order valence-corrected chi connectivity index (χ1v) is 8.64. The Morgan fingerprint density at radius 1 is 1.38 bits per heavy atom. The van der Waals surface area contributed by atoms with E-state index in [1.807, 2.05) is 33.8 Å². The summed E-state index contributed by atoms with van der Waals surface area (Å²) in [7, 11) is 0. The summed E-state index contributed by atoms with van der Waals surface area (Å²) in [6.45, 7) is 13.0. The fraction of sp³-hybridized carbons (Fsp3) is 0.550. The summed E-state index contributed by atoms with van der Waals surface area (Å²) in [5.74, 6) is 0. The molecule has 1 aliphatic heterocycles. The molecule has 0 saturated heterocycles. The number of nitrogens with two attached hydrogens (primary N) is 1. The van der Waals surface area contributed by atoms with Gasteiger partial charge in [-0.1, -0.05) is 36.8 Å². The number of allylic oxidation sites excluding steroid dienone is 5. The van der Waals surface area contributed by atoms with Crippen molar-refractivity contribution >= 4 is 6.09 Å². The van der Waals surface area contributed by atoms with Crippen LogP contribution in [0.25, 0.3) is 0 Å². The van der Waals surface area contributed by atoms with Gasteiger partial charge in [-0.15, -0.1) is 0 Å². The fourth-order valence-corrected chi connectivity index (χ4v) is 2.29. The minimum absolute atomic E-state index is 0.260. The van der Waals surface area contributed by atoms with Gasteiger partial charge < -0.3 is 15.4 Å². The van der Waals surface area contributed by atoms with Gasteiger partial charge in [0.25, 0.3) is 0 Å². The van der Waals surface area contributed by atoms with Crippen LogP contribution in [0.5, 0.6) is 0 Å². The molecule has 134 valence electrons. The topological polar surface area (TPSA) is 55.6 Å². The van der Waals surface area contributed by atoms with E-state index in [1.54, 1.807) is 4.90 Å². The number of carbonyl (C=O) groups excluding carboxylic acids is 1. The number of rotatable bonds is 4. The molecule has 0 aromatic rings. The van der Waals surface area contributed by atoms with Crippen LogP contribution in [0.1, 0.15) is 54.4 Å². The summed E-state index contributed by atoms with van der Waals surface area (Å²) in [4.78, 5) is 13.9. The third-order valence-corrected chi connectivity index (χ3v) is 3.92. The zero-order valence-electron chi connectivity index (χ0n) is 16.0. The highest BCUT2D eigenvalue weighted by molar-refractivity contribution is 5.69. The average Bonchev–Trinajstić information content (AvgIpc) is 2.53. The van der Waals surface area contributed by atoms with Crippen molar-refractivity contribution in [1.82, 2.24) is 4.90 Å². The van der Waals surface area contributed by atoms with Crippen molar-refractivity contribution in [2.45, 2.75) is 60.0 Å². The van der Waals surface area contributed by atoms with Gasteiger partial charge in [0.05, 0.1) is 0 Å². The lowest BCUT2D eigenvalue weighted by Crippen LogP contribution is -2.39. The molecule has 0 fully saturated rings. The van der Waals surface area contributed by atoms with Crippen molar-refractivity contribution < 1.29 is 9.53 Å². The summed E-state index contributed by atoms with van der Waals surface area (Å²) < 4.78 is 5.43. The Balaban J connectivity index is 2.91. The Kier molecular flexibility index (Phi) is 7.33. The second-order valence-corrected chi connectivity index (χ2v) is 7.10. The normalized spacial score (nSPS) is 17.7. The van der Waals surface area contributed by atoms with Gasteiger partial charge in [0.15, 0.2) is 0 Å². The van der Waals surface area contributed by atoms with Crippen LogP contribution in [0.3, 0.4) is 0 Å². The van der Waals surface area contributed by atoms with Crippen LogP contribution in [0.15, 0.2) is 46.7 Å². The van der Waals surface area contributed by atoms with Crippen LogP contribution in [-0.4, -0.2) is 29.7 Å². The fourth-order valence-electron chi connectivity index (χ4n) is 2.29. The van der Waals surface area contributed by atoms with E-state index in [4.69, 9.17) is 10.5 Å². The average molecular weight is 332 g/mol. The molecule has 0 aromatic carbocycles. The minimum Gasteiger partial charge on any atom is -0.444 e. The highest BCUT2D eigenvalue weighted by Gasteiger charge is 2.24. The minimum atomic E-state index is -0.468. The Labute approximate surface area is 146 Å². The molecule has 1 amide bonds. The number of hydrogen-bond donors (Lipinski definition) is 1. The van der Waals surface area contributed by atoms with Gasteiger partial charge >= 0.3 is 6.09 Å². The quantitative estimate of drug-likeness (QED) is 0.759. The Morgan fingerprint density at radius 2 is 2.04 bits per heavy atom. The van der Waals surface area contributed by atoms with E-state index in [0.29, 0.717) is 13.1 Å². The van der Waals surface area contributed by atoms with Crippen LogP contribution in [-0.2, 0) is 4.74 Å². The predicted molar refractivity (Wildman–Crippen MR) is 101 cm³/mol. The summed E-state index contributed by atoms with van der Waals surface area (Å²) in [5, 5.41) is 0. The first-order chi connectivity index (χ1) is 11.2. The van der Waals surface area contributed by atoms with E-state index >= 15 is 0 Å². The standard InChI is InChI=1S/C20H32N2O2/c1-7-15(3)9-10-17(18(21)8-2)16-11-13-22(14-12-16)19(23)24-20(4,5)6/h8-11H,7,12-14,21H2,1-6H3/b15-9+,17-10-,18-8+. The summed E-state index contributed by atoms with van der Waals surface area (Å²) in [6.07, 6.45) is 9.73. The van der Waals surface area contributed by atoms with E-state index < -0.39 is 5.60 Å². The maximum absolute atomic E-state index is 12.1. The third-order valence-electron chi connectivity index (χ3n) is 3.92. The van der Waals surface area contributed by atoms with E-state index in [1.165, 1.54) is 11.1 Å². The molecule has 0 radical (unpaired) electrons. The maximum Gasteiger partial charge on any atom is 0.410 e. The number of hydrogen-bond acceptors (Lipinski definition) is 3. The number of nitrogens with zero attached hydrogens (tertiary/aromatic N) is 1. The number of amides is 1. The van der Waals surface area contributed by atoms with Gasteiger partial charge in [0.1, 0.15) is 5.60 Å². The molecule has 4 nitrogen and oxygen atoms in total. The molecular formula is C20H32N2O2. The molecule has 1 aliphatic rings. The van der Waals surface area contributed by atoms with Crippen LogP contribution in [0.4, 0.5) is 4.79 Å². The highest BCUT2D eigenvalue weighted by Crippen LogP contribution is 2.24. The molecule has 0 aromatic heterocycles. The molecule has 0 saturated carbocycles. The van der Waals surface area contributed by atoms with E-state index in [0.717, 1.165) is 24.1 Å². The van der Waals surface area contributed by atoms with Crippen LogP contribution < -0.4 is 5.73 Å². The largest absolute Gasteiger partial charge is 0.444 e. The predicted octanol–water partition coefficient (Wildman–Crippen LogP) is 4.70. The van der Waals surface area contributed by atoms with Crippen molar-refractivity contribution in [2.24, 2.45) is 5.73 Å². The summed E-state index contributed by atoms with van der Waals surface area (Å²) in [6, 6.07) is 0. The second kappa shape index (κ2) is 8.76. The molecule has 4 heteroatoms. The molecule has 2 N–H and O–H groups in total. The van der Waals surface area contributed by atoms with E-state index in [2.05, 4.69) is 32.1 Å². The molecule has 0 unspecified atom stereocenters.